The molecule has 0 spiro atoms. The van der Waals surface area contributed by atoms with Crippen LogP contribution >= 0.6 is 0 Å². The van der Waals surface area contributed by atoms with Crippen molar-refractivity contribution < 1.29 is 14.3 Å². The quantitative estimate of drug-likeness (QED) is 0.379. The Hall–Kier alpha value is -3.85. The molecular weight excluding hydrogens is 408 g/mol. The van der Waals surface area contributed by atoms with Crippen molar-refractivity contribution in [3.63, 3.8) is 0 Å². The highest BCUT2D eigenvalue weighted by Gasteiger charge is 2.16. The maximum atomic E-state index is 12.1. The molecule has 0 saturated carbocycles. The molecule has 2 aromatic carbocycles. The summed E-state index contributed by atoms with van der Waals surface area (Å²) in [4.78, 5) is 23.2. The van der Waals surface area contributed by atoms with Crippen LogP contribution < -0.4 is 26.0 Å². The predicted octanol–water partition coefficient (Wildman–Crippen LogP) is 3.59. The lowest BCUT2D eigenvalue weighted by molar-refractivity contribution is 0.101. The number of methoxy groups -OCH3 is 1. The molecule has 0 atom stereocenters. The number of hydrogen-bond donors (Lipinski definition) is 3. The molecule has 1 fully saturated rings. The van der Waals surface area contributed by atoms with Crippen LogP contribution in [0.1, 0.15) is 17.3 Å². The van der Waals surface area contributed by atoms with Gasteiger partial charge in [-0.2, -0.15) is 4.98 Å². The number of ether oxygens (including phenoxy) is 2. The van der Waals surface area contributed by atoms with Gasteiger partial charge >= 0.3 is 0 Å². The smallest absolute Gasteiger partial charge is 0.229 e. The van der Waals surface area contributed by atoms with E-state index in [0.29, 0.717) is 53.4 Å². The minimum atomic E-state index is -0.152. The lowest BCUT2D eigenvalue weighted by Crippen LogP contribution is -2.36. The van der Waals surface area contributed by atoms with Crippen molar-refractivity contribution in [1.29, 1.82) is 0 Å². The van der Waals surface area contributed by atoms with Gasteiger partial charge in [-0.05, 0) is 31.2 Å². The number of Topliss-reactive ketones (excluding diaryl/α,β-unsaturated/α-hetero) is 1. The van der Waals surface area contributed by atoms with Gasteiger partial charge in [-0.15, -0.1) is 0 Å². The summed E-state index contributed by atoms with van der Waals surface area (Å²) < 4.78 is 11.0. The topological polar surface area (TPSA) is 115 Å². The van der Waals surface area contributed by atoms with Gasteiger partial charge in [-0.3, -0.25) is 4.79 Å². The SMILES string of the molecule is COc1cc(N2CCOCC2)ccc1Nc1ncc(C(C)=O)c(Nc2ccccc2N)n1. The van der Waals surface area contributed by atoms with Crippen molar-refractivity contribution in [2.45, 2.75) is 6.92 Å². The van der Waals surface area contributed by atoms with Crippen molar-refractivity contribution in [3.8, 4) is 5.75 Å². The lowest BCUT2D eigenvalue weighted by atomic mass is 10.2. The zero-order valence-electron chi connectivity index (χ0n) is 18.1. The van der Waals surface area contributed by atoms with Gasteiger partial charge in [0.05, 0.1) is 42.9 Å². The Kier molecular flexibility index (Phi) is 6.37. The molecule has 0 amide bonds. The number of nitrogens with one attached hydrogen (secondary N) is 2. The first-order valence-electron chi connectivity index (χ1n) is 10.3. The second-order valence-corrected chi connectivity index (χ2v) is 7.33. The fourth-order valence-corrected chi connectivity index (χ4v) is 3.46. The zero-order valence-corrected chi connectivity index (χ0v) is 18.1. The first kappa shape index (κ1) is 21.4. The third-order valence-corrected chi connectivity index (χ3v) is 5.19. The molecule has 0 radical (unpaired) electrons. The van der Waals surface area contributed by atoms with E-state index in [4.69, 9.17) is 15.2 Å². The average molecular weight is 435 g/mol. The highest BCUT2D eigenvalue weighted by molar-refractivity contribution is 5.99. The van der Waals surface area contributed by atoms with Crippen LogP contribution in [0.4, 0.5) is 34.5 Å². The van der Waals surface area contributed by atoms with Crippen LogP contribution in [-0.4, -0.2) is 49.2 Å². The molecule has 0 aliphatic carbocycles. The summed E-state index contributed by atoms with van der Waals surface area (Å²) >= 11 is 0. The standard InChI is InChI=1S/C23H26N6O3/c1-15(30)17-14-25-23(28-22(17)26-19-6-4-3-5-18(19)24)27-20-8-7-16(13-21(20)31-2)29-9-11-32-12-10-29/h3-8,13-14H,9-12,24H2,1-2H3,(H2,25,26,27,28). The molecule has 1 aliphatic heterocycles. The van der Waals surface area contributed by atoms with E-state index in [0.717, 1.165) is 18.8 Å². The average Bonchev–Trinajstić information content (AvgIpc) is 2.81. The summed E-state index contributed by atoms with van der Waals surface area (Å²) in [6.45, 7) is 4.56. The van der Waals surface area contributed by atoms with Crippen LogP contribution in [0.25, 0.3) is 0 Å². The molecule has 166 valence electrons. The number of nitrogens with two attached hydrogens (primary N) is 1. The molecular formula is C23H26N6O3. The molecule has 9 heteroatoms. The van der Waals surface area contributed by atoms with Crippen molar-refractivity contribution in [3.05, 3.63) is 54.2 Å². The van der Waals surface area contributed by atoms with Crippen molar-refractivity contribution in [1.82, 2.24) is 9.97 Å². The zero-order chi connectivity index (χ0) is 22.5. The first-order valence-corrected chi connectivity index (χ1v) is 10.3. The van der Waals surface area contributed by atoms with Crippen LogP contribution in [-0.2, 0) is 4.74 Å². The summed E-state index contributed by atoms with van der Waals surface area (Å²) in [5, 5.41) is 6.33. The molecule has 4 rings (SSSR count). The van der Waals surface area contributed by atoms with E-state index in [9.17, 15) is 4.79 Å². The number of nitrogen functional groups attached to an aromatic ring is 1. The normalized spacial score (nSPS) is 13.5. The number of aromatic nitrogens is 2. The van der Waals surface area contributed by atoms with E-state index in [1.807, 2.05) is 36.4 Å². The van der Waals surface area contributed by atoms with Gasteiger partial charge in [0.1, 0.15) is 11.6 Å². The van der Waals surface area contributed by atoms with E-state index >= 15 is 0 Å². The van der Waals surface area contributed by atoms with E-state index in [1.165, 1.54) is 13.1 Å². The Morgan fingerprint density at radius 2 is 1.91 bits per heavy atom. The van der Waals surface area contributed by atoms with Gasteiger partial charge in [-0.25, -0.2) is 4.98 Å². The molecule has 0 bridgehead atoms. The molecule has 2 heterocycles. The maximum absolute atomic E-state index is 12.1. The summed E-state index contributed by atoms with van der Waals surface area (Å²) in [5.41, 5.74) is 9.39. The Labute approximate surface area is 186 Å². The third-order valence-electron chi connectivity index (χ3n) is 5.19. The Morgan fingerprint density at radius 1 is 1.12 bits per heavy atom. The fraction of sp³-hybridized carbons (Fsp3) is 0.261. The molecule has 1 aromatic heterocycles. The lowest BCUT2D eigenvalue weighted by Gasteiger charge is -2.29. The molecule has 4 N–H and O–H groups in total. The number of rotatable bonds is 7. The predicted molar refractivity (Wildman–Crippen MR) is 125 cm³/mol. The number of morpholine rings is 1. The van der Waals surface area contributed by atoms with E-state index < -0.39 is 0 Å². The van der Waals surface area contributed by atoms with Gasteiger partial charge in [-0.1, -0.05) is 12.1 Å². The summed E-state index contributed by atoms with van der Waals surface area (Å²) in [6, 6.07) is 13.2. The molecule has 32 heavy (non-hydrogen) atoms. The summed E-state index contributed by atoms with van der Waals surface area (Å²) in [7, 11) is 1.62. The summed E-state index contributed by atoms with van der Waals surface area (Å²) in [6.07, 6.45) is 1.49. The minimum absolute atomic E-state index is 0.152. The number of hydrogen-bond acceptors (Lipinski definition) is 9. The van der Waals surface area contributed by atoms with E-state index in [1.54, 1.807) is 13.2 Å². The van der Waals surface area contributed by atoms with Crippen molar-refractivity contribution in [2.24, 2.45) is 0 Å². The van der Waals surface area contributed by atoms with Gasteiger partial charge < -0.3 is 30.7 Å². The Balaban J connectivity index is 1.61. The minimum Gasteiger partial charge on any atom is -0.494 e. The second-order valence-electron chi connectivity index (χ2n) is 7.33. The first-order chi connectivity index (χ1) is 15.5. The van der Waals surface area contributed by atoms with Crippen molar-refractivity contribution in [2.75, 3.05) is 54.7 Å². The number of para-hydroxylation sites is 2. The number of carbonyl (C=O) groups excluding carboxylic acids is 1. The molecule has 0 unspecified atom stereocenters. The largest absolute Gasteiger partial charge is 0.494 e. The maximum Gasteiger partial charge on any atom is 0.229 e. The van der Waals surface area contributed by atoms with E-state index in [-0.39, 0.29) is 5.78 Å². The second kappa shape index (κ2) is 9.52. The van der Waals surface area contributed by atoms with Crippen molar-refractivity contribution >= 4 is 40.3 Å². The van der Waals surface area contributed by atoms with Gasteiger partial charge in [0, 0.05) is 31.0 Å². The molecule has 3 aromatic rings. The van der Waals surface area contributed by atoms with Crippen LogP contribution in [0.5, 0.6) is 5.75 Å². The highest BCUT2D eigenvalue weighted by atomic mass is 16.5. The number of nitrogens with zero attached hydrogens (tertiary/aromatic N) is 3. The monoisotopic (exact) mass is 434 g/mol. The van der Waals surface area contributed by atoms with Crippen LogP contribution in [0.3, 0.4) is 0 Å². The van der Waals surface area contributed by atoms with Gasteiger partial charge in [0.15, 0.2) is 5.78 Å². The third kappa shape index (κ3) is 4.73. The Morgan fingerprint density at radius 3 is 2.62 bits per heavy atom. The Bertz CT molecular complexity index is 1110. The van der Waals surface area contributed by atoms with Gasteiger partial charge in [0.25, 0.3) is 0 Å². The van der Waals surface area contributed by atoms with Crippen LogP contribution in [0.15, 0.2) is 48.7 Å². The highest BCUT2D eigenvalue weighted by Crippen LogP contribution is 2.32. The molecule has 1 aliphatic rings. The molecule has 9 nitrogen and oxygen atoms in total. The molecule has 1 saturated heterocycles. The number of benzene rings is 2. The van der Waals surface area contributed by atoms with Crippen LogP contribution in [0, 0.1) is 0 Å². The number of anilines is 6. The van der Waals surface area contributed by atoms with Gasteiger partial charge in [0.2, 0.25) is 5.95 Å². The number of ketones is 1. The summed E-state index contributed by atoms with van der Waals surface area (Å²) in [5.74, 6) is 1.21. The number of carbonyl (C=O) groups is 1. The van der Waals surface area contributed by atoms with E-state index in [2.05, 4.69) is 25.5 Å². The van der Waals surface area contributed by atoms with Crippen LogP contribution in [0.2, 0.25) is 0 Å². The fourth-order valence-electron chi connectivity index (χ4n) is 3.46.